The van der Waals surface area contributed by atoms with E-state index in [9.17, 15) is 10.1 Å². The first-order chi connectivity index (χ1) is 18.1. The topological polar surface area (TPSA) is 43.1 Å². The number of unbranched alkanes of at least 4 members (excludes halogenated alkanes) is 4. The molecule has 2 saturated carbocycles. The van der Waals surface area contributed by atoms with Crippen molar-refractivity contribution >= 4 is 5.69 Å². The highest BCUT2D eigenvalue weighted by Gasteiger charge is 2.26. The molecule has 202 valence electrons. The third-order valence-electron chi connectivity index (χ3n) is 9.51. The Bertz CT molecular complexity index is 966. The van der Waals surface area contributed by atoms with Crippen molar-refractivity contribution in [3.63, 3.8) is 0 Å². The fourth-order valence-electron chi connectivity index (χ4n) is 7.07. The molecule has 0 bridgehead atoms. The standard InChI is InChI=1S/C34H49NO2/c1-3-5-7-9-26-11-15-28(16-12-26)29-19-21-31(22-20-29)33-24-23-32(25-34(33)35(36)37)30-17-13-27(14-18-30)10-8-6-4-2/h19-28,30H,3-18H2,1-2H3. The molecule has 2 aliphatic rings. The maximum Gasteiger partial charge on any atom is 0.277 e. The van der Waals surface area contributed by atoms with Crippen molar-refractivity contribution in [2.75, 3.05) is 0 Å². The fourth-order valence-corrected chi connectivity index (χ4v) is 7.07. The van der Waals surface area contributed by atoms with Gasteiger partial charge >= 0.3 is 0 Å². The normalized spacial score (nSPS) is 24.2. The minimum Gasteiger partial charge on any atom is -0.258 e. The van der Waals surface area contributed by atoms with E-state index in [1.54, 1.807) is 0 Å². The largest absolute Gasteiger partial charge is 0.277 e. The molecule has 0 unspecified atom stereocenters. The van der Waals surface area contributed by atoms with Crippen LogP contribution < -0.4 is 0 Å². The van der Waals surface area contributed by atoms with Gasteiger partial charge in [-0.2, -0.15) is 0 Å². The molecule has 0 N–H and O–H groups in total. The van der Waals surface area contributed by atoms with Gasteiger partial charge in [0.2, 0.25) is 0 Å². The molecule has 0 spiro atoms. The van der Waals surface area contributed by atoms with Gasteiger partial charge in [-0.3, -0.25) is 10.1 Å². The number of benzene rings is 2. The van der Waals surface area contributed by atoms with Crippen LogP contribution in [0.25, 0.3) is 11.1 Å². The molecule has 2 aliphatic carbocycles. The Kier molecular flexibility index (Phi) is 10.6. The van der Waals surface area contributed by atoms with Crippen LogP contribution in [0.3, 0.4) is 0 Å². The second kappa shape index (κ2) is 14.1. The minimum absolute atomic E-state index is 0.178. The molecule has 2 aromatic rings. The summed E-state index contributed by atoms with van der Waals surface area (Å²) in [6.45, 7) is 4.55. The van der Waals surface area contributed by atoms with Crippen molar-refractivity contribution < 1.29 is 4.92 Å². The van der Waals surface area contributed by atoms with Crippen molar-refractivity contribution in [1.82, 2.24) is 0 Å². The SMILES string of the molecule is CCCCCC1CCC(c2ccc(-c3ccc(C4CCC(CCCCC)CC4)cc3[N+](=O)[O-])cc2)CC1. The summed E-state index contributed by atoms with van der Waals surface area (Å²) in [7, 11) is 0. The average Bonchev–Trinajstić information content (AvgIpc) is 2.94. The van der Waals surface area contributed by atoms with E-state index in [1.165, 1.54) is 108 Å². The Labute approximate surface area is 225 Å². The molecule has 4 rings (SSSR count). The van der Waals surface area contributed by atoms with E-state index in [-0.39, 0.29) is 10.6 Å². The average molecular weight is 504 g/mol. The molecule has 0 saturated heterocycles. The van der Waals surface area contributed by atoms with E-state index in [4.69, 9.17) is 0 Å². The van der Waals surface area contributed by atoms with Gasteiger partial charge in [0.25, 0.3) is 5.69 Å². The van der Waals surface area contributed by atoms with Crippen molar-refractivity contribution in [3.8, 4) is 11.1 Å². The van der Waals surface area contributed by atoms with Crippen LogP contribution >= 0.6 is 0 Å². The number of nitro benzene ring substituents is 1. The van der Waals surface area contributed by atoms with E-state index in [0.29, 0.717) is 11.8 Å². The maximum absolute atomic E-state index is 12.1. The first kappa shape index (κ1) is 27.9. The lowest BCUT2D eigenvalue weighted by molar-refractivity contribution is -0.384. The van der Waals surface area contributed by atoms with E-state index in [2.05, 4.69) is 44.2 Å². The zero-order valence-electron chi connectivity index (χ0n) is 23.4. The Hall–Kier alpha value is -2.16. The summed E-state index contributed by atoms with van der Waals surface area (Å²) < 4.78 is 0. The summed E-state index contributed by atoms with van der Waals surface area (Å²) >= 11 is 0. The van der Waals surface area contributed by atoms with Gasteiger partial charge in [0.05, 0.1) is 10.5 Å². The Morgan fingerprint density at radius 2 is 1.16 bits per heavy atom. The van der Waals surface area contributed by atoms with Crippen LogP contribution in [0.1, 0.15) is 140 Å². The molecule has 0 amide bonds. The molecule has 3 nitrogen and oxygen atoms in total. The minimum atomic E-state index is -0.178. The lowest BCUT2D eigenvalue weighted by Gasteiger charge is -2.29. The second-order valence-electron chi connectivity index (χ2n) is 12.1. The van der Waals surface area contributed by atoms with E-state index >= 15 is 0 Å². The van der Waals surface area contributed by atoms with Gasteiger partial charge in [0.15, 0.2) is 0 Å². The fraction of sp³-hybridized carbons (Fsp3) is 0.647. The van der Waals surface area contributed by atoms with Crippen LogP contribution in [-0.2, 0) is 0 Å². The van der Waals surface area contributed by atoms with E-state index in [0.717, 1.165) is 28.5 Å². The number of hydrogen-bond acceptors (Lipinski definition) is 2. The van der Waals surface area contributed by atoms with Gasteiger partial charge in [-0.1, -0.05) is 95.5 Å². The number of nitro groups is 1. The lowest BCUT2D eigenvalue weighted by Crippen LogP contribution is -2.13. The summed E-state index contributed by atoms with van der Waals surface area (Å²) in [5.74, 6) is 2.88. The summed E-state index contributed by atoms with van der Waals surface area (Å²) in [6.07, 6.45) is 21.0. The van der Waals surface area contributed by atoms with Gasteiger partial charge in [-0.05, 0) is 97.8 Å². The van der Waals surface area contributed by atoms with Crippen LogP contribution in [0, 0.1) is 22.0 Å². The predicted molar refractivity (Wildman–Crippen MR) is 156 cm³/mol. The molecule has 0 aromatic heterocycles. The van der Waals surface area contributed by atoms with Gasteiger partial charge < -0.3 is 0 Å². The summed E-state index contributed by atoms with van der Waals surface area (Å²) in [4.78, 5) is 11.9. The number of rotatable bonds is 12. The Morgan fingerprint density at radius 1 is 0.676 bits per heavy atom. The van der Waals surface area contributed by atoms with Crippen molar-refractivity contribution in [1.29, 1.82) is 0 Å². The van der Waals surface area contributed by atoms with Crippen molar-refractivity contribution in [2.45, 2.75) is 128 Å². The zero-order valence-corrected chi connectivity index (χ0v) is 23.4. The molecule has 0 aliphatic heterocycles. The molecule has 37 heavy (non-hydrogen) atoms. The third-order valence-corrected chi connectivity index (χ3v) is 9.51. The van der Waals surface area contributed by atoms with Gasteiger partial charge in [-0.15, -0.1) is 0 Å². The highest BCUT2D eigenvalue weighted by atomic mass is 16.6. The summed E-state index contributed by atoms with van der Waals surface area (Å²) in [5.41, 5.74) is 4.56. The van der Waals surface area contributed by atoms with E-state index < -0.39 is 0 Å². The lowest BCUT2D eigenvalue weighted by atomic mass is 9.76. The maximum atomic E-state index is 12.1. The van der Waals surface area contributed by atoms with Crippen molar-refractivity contribution in [2.24, 2.45) is 11.8 Å². The zero-order chi connectivity index (χ0) is 26.0. The first-order valence-electron chi connectivity index (χ1n) is 15.5. The quantitative estimate of drug-likeness (QED) is 0.164. The van der Waals surface area contributed by atoms with Gasteiger partial charge in [0, 0.05) is 6.07 Å². The van der Waals surface area contributed by atoms with Gasteiger partial charge in [-0.25, -0.2) is 0 Å². The van der Waals surface area contributed by atoms with Crippen LogP contribution in [0.15, 0.2) is 42.5 Å². The highest BCUT2D eigenvalue weighted by molar-refractivity contribution is 5.74. The Balaban J connectivity index is 1.37. The number of nitrogens with zero attached hydrogens (tertiary/aromatic N) is 1. The molecule has 2 aromatic carbocycles. The van der Waals surface area contributed by atoms with Crippen LogP contribution in [-0.4, -0.2) is 4.92 Å². The van der Waals surface area contributed by atoms with Crippen LogP contribution in [0.5, 0.6) is 0 Å². The molecule has 3 heteroatoms. The monoisotopic (exact) mass is 503 g/mol. The molecular weight excluding hydrogens is 454 g/mol. The molecular formula is C34H49NO2. The molecule has 0 atom stereocenters. The Morgan fingerprint density at radius 3 is 1.65 bits per heavy atom. The van der Waals surface area contributed by atoms with E-state index in [1.807, 2.05) is 12.1 Å². The molecule has 0 radical (unpaired) electrons. The molecule has 2 fully saturated rings. The second-order valence-corrected chi connectivity index (χ2v) is 12.1. The molecule has 0 heterocycles. The smallest absolute Gasteiger partial charge is 0.258 e. The summed E-state index contributed by atoms with van der Waals surface area (Å²) in [6, 6.07) is 14.8. The highest BCUT2D eigenvalue weighted by Crippen LogP contribution is 2.42. The number of hydrogen-bond donors (Lipinski definition) is 0. The van der Waals surface area contributed by atoms with Crippen LogP contribution in [0.2, 0.25) is 0 Å². The van der Waals surface area contributed by atoms with Crippen LogP contribution in [0.4, 0.5) is 5.69 Å². The third kappa shape index (κ3) is 7.68. The van der Waals surface area contributed by atoms with Gasteiger partial charge in [0.1, 0.15) is 0 Å². The summed E-state index contributed by atoms with van der Waals surface area (Å²) in [5, 5.41) is 12.1. The van der Waals surface area contributed by atoms with Crippen molar-refractivity contribution in [3.05, 3.63) is 63.7 Å². The predicted octanol–water partition coefficient (Wildman–Crippen LogP) is 11.0. The first-order valence-corrected chi connectivity index (χ1v) is 15.5.